The van der Waals surface area contributed by atoms with E-state index in [9.17, 15) is 4.79 Å². The molecule has 1 saturated heterocycles. The van der Waals surface area contributed by atoms with Crippen LogP contribution in [0.15, 0.2) is 18.2 Å². The Morgan fingerprint density at radius 3 is 2.65 bits per heavy atom. The van der Waals surface area contributed by atoms with Crippen LogP contribution in [0.2, 0.25) is 0 Å². The Labute approximate surface area is 120 Å². The van der Waals surface area contributed by atoms with E-state index in [0.29, 0.717) is 17.3 Å². The lowest BCUT2D eigenvalue weighted by atomic mass is 10.0. The van der Waals surface area contributed by atoms with Gasteiger partial charge in [0.25, 0.3) is 5.91 Å². The SMILES string of the molecule is CNC(=O)c1ccc(N)cc1N(C)C1CCN(C)CC1. The summed E-state index contributed by atoms with van der Waals surface area (Å²) in [6.07, 6.45) is 2.21. The van der Waals surface area contributed by atoms with Crippen molar-refractivity contribution in [2.75, 3.05) is 44.9 Å². The monoisotopic (exact) mass is 276 g/mol. The van der Waals surface area contributed by atoms with E-state index in [1.165, 1.54) is 0 Å². The van der Waals surface area contributed by atoms with E-state index >= 15 is 0 Å². The average molecular weight is 276 g/mol. The van der Waals surface area contributed by atoms with Gasteiger partial charge in [0, 0.05) is 25.8 Å². The van der Waals surface area contributed by atoms with Crippen LogP contribution < -0.4 is 16.0 Å². The highest BCUT2D eigenvalue weighted by Gasteiger charge is 2.23. The Bertz CT molecular complexity index is 481. The van der Waals surface area contributed by atoms with E-state index in [4.69, 9.17) is 5.73 Å². The summed E-state index contributed by atoms with van der Waals surface area (Å²) in [5, 5.41) is 2.69. The lowest BCUT2D eigenvalue weighted by Crippen LogP contribution is -2.42. The zero-order valence-corrected chi connectivity index (χ0v) is 12.5. The summed E-state index contributed by atoms with van der Waals surface area (Å²) in [6, 6.07) is 5.92. The fraction of sp³-hybridized carbons (Fsp3) is 0.533. The maximum Gasteiger partial charge on any atom is 0.253 e. The second kappa shape index (κ2) is 6.13. The third-order valence-electron chi connectivity index (χ3n) is 4.11. The Morgan fingerprint density at radius 2 is 2.05 bits per heavy atom. The third kappa shape index (κ3) is 3.04. The molecule has 110 valence electrons. The highest BCUT2D eigenvalue weighted by molar-refractivity contribution is 6.00. The molecule has 1 aliphatic rings. The molecule has 1 fully saturated rings. The minimum atomic E-state index is -0.0697. The number of likely N-dealkylation sites (tertiary alicyclic amines) is 1. The first kappa shape index (κ1) is 14.7. The van der Waals surface area contributed by atoms with Crippen LogP contribution in [-0.4, -0.2) is 51.1 Å². The molecular formula is C15H24N4O. The van der Waals surface area contributed by atoms with Crippen molar-refractivity contribution in [2.45, 2.75) is 18.9 Å². The molecule has 20 heavy (non-hydrogen) atoms. The summed E-state index contributed by atoms with van der Waals surface area (Å²) in [6.45, 7) is 2.18. The number of piperidine rings is 1. The standard InChI is InChI=1S/C15H24N4O/c1-17-15(20)13-5-4-11(16)10-14(13)19(3)12-6-8-18(2)9-7-12/h4-5,10,12H,6-9,16H2,1-3H3,(H,17,20). The highest BCUT2D eigenvalue weighted by Crippen LogP contribution is 2.27. The summed E-state index contributed by atoms with van der Waals surface area (Å²) < 4.78 is 0. The molecule has 2 rings (SSSR count). The van der Waals surface area contributed by atoms with Crippen molar-refractivity contribution in [2.24, 2.45) is 0 Å². The summed E-state index contributed by atoms with van der Waals surface area (Å²) in [7, 11) is 5.85. The van der Waals surface area contributed by atoms with Crippen molar-refractivity contribution in [1.82, 2.24) is 10.2 Å². The maximum absolute atomic E-state index is 12.0. The van der Waals surface area contributed by atoms with E-state index < -0.39 is 0 Å². The lowest BCUT2D eigenvalue weighted by molar-refractivity contribution is 0.0963. The number of benzene rings is 1. The number of amides is 1. The van der Waals surface area contributed by atoms with E-state index in [2.05, 4.69) is 29.2 Å². The minimum absolute atomic E-state index is 0.0697. The van der Waals surface area contributed by atoms with Crippen LogP contribution in [0.4, 0.5) is 11.4 Å². The molecule has 5 heteroatoms. The molecule has 0 spiro atoms. The molecule has 3 N–H and O–H groups in total. The quantitative estimate of drug-likeness (QED) is 0.813. The predicted octanol–water partition coefficient (Wildman–Crippen LogP) is 1.16. The number of carbonyl (C=O) groups is 1. The molecular weight excluding hydrogens is 252 g/mol. The fourth-order valence-corrected chi connectivity index (χ4v) is 2.75. The number of carbonyl (C=O) groups excluding carboxylic acids is 1. The van der Waals surface area contributed by atoms with Crippen molar-refractivity contribution in [3.05, 3.63) is 23.8 Å². The minimum Gasteiger partial charge on any atom is -0.399 e. The van der Waals surface area contributed by atoms with E-state index in [-0.39, 0.29) is 5.91 Å². The summed E-state index contributed by atoms with van der Waals surface area (Å²) >= 11 is 0. The van der Waals surface area contributed by atoms with Crippen molar-refractivity contribution in [3.63, 3.8) is 0 Å². The van der Waals surface area contributed by atoms with Gasteiger partial charge in [-0.3, -0.25) is 4.79 Å². The maximum atomic E-state index is 12.0. The molecule has 0 saturated carbocycles. The Hall–Kier alpha value is -1.75. The van der Waals surface area contributed by atoms with Crippen LogP contribution in [0, 0.1) is 0 Å². The molecule has 0 aromatic heterocycles. The molecule has 1 aliphatic heterocycles. The number of hydrogen-bond acceptors (Lipinski definition) is 4. The van der Waals surface area contributed by atoms with Crippen LogP contribution in [-0.2, 0) is 0 Å². The first-order valence-electron chi connectivity index (χ1n) is 7.06. The third-order valence-corrected chi connectivity index (χ3v) is 4.11. The lowest BCUT2D eigenvalue weighted by Gasteiger charge is -2.37. The summed E-state index contributed by atoms with van der Waals surface area (Å²) in [5.41, 5.74) is 8.18. The van der Waals surface area contributed by atoms with Crippen LogP contribution >= 0.6 is 0 Å². The summed E-state index contributed by atoms with van der Waals surface area (Å²) in [4.78, 5) is 16.5. The van der Waals surface area contributed by atoms with E-state index in [1.54, 1.807) is 19.2 Å². The van der Waals surface area contributed by atoms with Crippen molar-refractivity contribution < 1.29 is 4.79 Å². The number of nitrogens with two attached hydrogens (primary N) is 1. The number of nitrogen functional groups attached to an aromatic ring is 1. The molecule has 0 radical (unpaired) electrons. The van der Waals surface area contributed by atoms with Crippen molar-refractivity contribution in [1.29, 1.82) is 0 Å². The highest BCUT2D eigenvalue weighted by atomic mass is 16.1. The number of nitrogens with zero attached hydrogens (tertiary/aromatic N) is 2. The van der Waals surface area contributed by atoms with Gasteiger partial charge in [-0.1, -0.05) is 0 Å². The summed E-state index contributed by atoms with van der Waals surface area (Å²) in [5.74, 6) is -0.0697. The molecule has 0 unspecified atom stereocenters. The van der Waals surface area contributed by atoms with Gasteiger partial charge in [-0.05, 0) is 51.2 Å². The van der Waals surface area contributed by atoms with Crippen LogP contribution in [0.3, 0.4) is 0 Å². The molecule has 5 nitrogen and oxygen atoms in total. The molecule has 1 aromatic rings. The van der Waals surface area contributed by atoms with Gasteiger partial charge in [0.1, 0.15) is 0 Å². The molecule has 0 atom stereocenters. The first-order chi connectivity index (χ1) is 9.52. The van der Waals surface area contributed by atoms with E-state index in [1.807, 2.05) is 6.07 Å². The Balaban J connectivity index is 2.26. The second-order valence-electron chi connectivity index (χ2n) is 5.50. The zero-order valence-electron chi connectivity index (χ0n) is 12.5. The van der Waals surface area contributed by atoms with Crippen LogP contribution in [0.5, 0.6) is 0 Å². The fourth-order valence-electron chi connectivity index (χ4n) is 2.75. The van der Waals surface area contributed by atoms with Crippen LogP contribution in [0.25, 0.3) is 0 Å². The van der Waals surface area contributed by atoms with Gasteiger partial charge in [-0.25, -0.2) is 0 Å². The van der Waals surface area contributed by atoms with Gasteiger partial charge < -0.3 is 20.9 Å². The number of nitrogens with one attached hydrogen (secondary N) is 1. The van der Waals surface area contributed by atoms with Gasteiger partial charge in [0.2, 0.25) is 0 Å². The predicted molar refractivity (Wildman–Crippen MR) is 83.2 cm³/mol. The van der Waals surface area contributed by atoms with Gasteiger partial charge in [-0.2, -0.15) is 0 Å². The molecule has 0 bridgehead atoms. The van der Waals surface area contributed by atoms with E-state index in [0.717, 1.165) is 31.6 Å². The Morgan fingerprint density at radius 1 is 1.40 bits per heavy atom. The van der Waals surface area contributed by atoms with Gasteiger partial charge in [-0.15, -0.1) is 0 Å². The normalized spacial score (nSPS) is 16.9. The smallest absolute Gasteiger partial charge is 0.253 e. The van der Waals surface area contributed by atoms with Gasteiger partial charge in [0.05, 0.1) is 11.3 Å². The molecule has 0 aliphatic carbocycles. The topological polar surface area (TPSA) is 61.6 Å². The molecule has 1 aromatic carbocycles. The number of hydrogen-bond donors (Lipinski definition) is 2. The largest absolute Gasteiger partial charge is 0.399 e. The number of anilines is 2. The van der Waals surface area contributed by atoms with Crippen molar-refractivity contribution >= 4 is 17.3 Å². The molecule has 1 amide bonds. The van der Waals surface area contributed by atoms with Gasteiger partial charge in [0.15, 0.2) is 0 Å². The molecule has 1 heterocycles. The number of rotatable bonds is 3. The van der Waals surface area contributed by atoms with Crippen molar-refractivity contribution in [3.8, 4) is 0 Å². The zero-order chi connectivity index (χ0) is 14.7. The second-order valence-corrected chi connectivity index (χ2v) is 5.50. The van der Waals surface area contributed by atoms with Crippen LogP contribution in [0.1, 0.15) is 23.2 Å². The first-order valence-corrected chi connectivity index (χ1v) is 7.06. The average Bonchev–Trinajstić information content (AvgIpc) is 2.46. The van der Waals surface area contributed by atoms with Gasteiger partial charge >= 0.3 is 0 Å². The Kier molecular flexibility index (Phi) is 4.49.